The molecule has 1 fully saturated rings. The minimum absolute atomic E-state index is 0.000770. The molecule has 0 aromatic carbocycles. The van der Waals surface area contributed by atoms with Crippen LogP contribution in [0.3, 0.4) is 0 Å². The van der Waals surface area contributed by atoms with Crippen LogP contribution in [0.25, 0.3) is 0 Å². The van der Waals surface area contributed by atoms with E-state index in [9.17, 15) is 14.7 Å². The van der Waals surface area contributed by atoms with E-state index in [4.69, 9.17) is 4.74 Å². The number of rotatable bonds is 14. The minimum atomic E-state index is -0.769. The lowest BCUT2D eigenvalue weighted by Crippen LogP contribution is -2.31. The molecule has 27 heavy (non-hydrogen) atoms. The van der Waals surface area contributed by atoms with Gasteiger partial charge in [0, 0.05) is 0 Å². The highest BCUT2D eigenvalue weighted by atomic mass is 16.5. The predicted octanol–water partition coefficient (Wildman–Crippen LogP) is 6.37. The van der Waals surface area contributed by atoms with Crippen molar-refractivity contribution < 1.29 is 19.4 Å². The van der Waals surface area contributed by atoms with E-state index in [0.29, 0.717) is 18.8 Å². The number of hydrogen-bond donors (Lipinski definition) is 1. The maximum atomic E-state index is 12.7. The standard InChI is InChI=1S/C23H42O4/c1-4-7-9-12-18(11-6-3)16-21(15-8-5-2)27-23(26)20-14-10-13-19(17-20)22(24)25/h18-21H,4-17H2,1-3H3,(H,24,25). The van der Waals surface area contributed by atoms with Crippen molar-refractivity contribution in [3.63, 3.8) is 0 Å². The van der Waals surface area contributed by atoms with E-state index in [2.05, 4.69) is 20.8 Å². The second-order valence-electron chi connectivity index (χ2n) is 8.49. The van der Waals surface area contributed by atoms with Crippen LogP contribution in [0, 0.1) is 17.8 Å². The van der Waals surface area contributed by atoms with Crippen molar-refractivity contribution in [3.05, 3.63) is 0 Å². The van der Waals surface area contributed by atoms with Gasteiger partial charge < -0.3 is 9.84 Å². The Morgan fingerprint density at radius 2 is 1.63 bits per heavy atom. The number of esters is 1. The van der Waals surface area contributed by atoms with Gasteiger partial charge in [0.15, 0.2) is 0 Å². The third-order valence-electron chi connectivity index (χ3n) is 6.03. The monoisotopic (exact) mass is 382 g/mol. The summed E-state index contributed by atoms with van der Waals surface area (Å²) in [5, 5.41) is 9.26. The van der Waals surface area contributed by atoms with Gasteiger partial charge in [-0.15, -0.1) is 0 Å². The lowest BCUT2D eigenvalue weighted by atomic mass is 9.81. The first-order valence-electron chi connectivity index (χ1n) is 11.4. The smallest absolute Gasteiger partial charge is 0.309 e. The Hall–Kier alpha value is -1.06. The zero-order valence-corrected chi connectivity index (χ0v) is 17.9. The molecule has 4 atom stereocenters. The molecule has 1 saturated carbocycles. The van der Waals surface area contributed by atoms with Gasteiger partial charge in [0.05, 0.1) is 11.8 Å². The van der Waals surface area contributed by atoms with Crippen LogP contribution in [-0.2, 0) is 14.3 Å². The molecule has 0 aliphatic heterocycles. The number of aliphatic carboxylic acids is 1. The molecule has 1 aliphatic carbocycles. The highest BCUT2D eigenvalue weighted by Gasteiger charge is 2.33. The Kier molecular flexibility index (Phi) is 12.4. The molecule has 0 spiro atoms. The lowest BCUT2D eigenvalue weighted by molar-refractivity contribution is -0.158. The average molecular weight is 383 g/mol. The van der Waals surface area contributed by atoms with E-state index in [-0.39, 0.29) is 23.9 Å². The molecule has 1 rings (SSSR count). The number of hydrogen-bond acceptors (Lipinski definition) is 3. The number of carboxylic acid groups (broad SMARTS) is 1. The van der Waals surface area contributed by atoms with E-state index in [0.717, 1.165) is 38.5 Å². The summed E-state index contributed by atoms with van der Waals surface area (Å²) in [6, 6.07) is 0. The molecule has 0 aromatic rings. The van der Waals surface area contributed by atoms with Crippen LogP contribution in [-0.4, -0.2) is 23.1 Å². The summed E-state index contributed by atoms with van der Waals surface area (Å²) >= 11 is 0. The van der Waals surface area contributed by atoms with Crippen molar-refractivity contribution in [1.29, 1.82) is 0 Å². The van der Waals surface area contributed by atoms with Gasteiger partial charge in [-0.25, -0.2) is 0 Å². The number of carbonyl (C=O) groups excluding carboxylic acids is 1. The Morgan fingerprint density at radius 1 is 0.926 bits per heavy atom. The number of ether oxygens (including phenoxy) is 1. The SMILES string of the molecule is CCCCCC(CCC)CC(CCCC)OC(=O)C1CCCC(C(=O)O)C1. The molecule has 0 amide bonds. The molecule has 0 aromatic heterocycles. The molecule has 0 heterocycles. The van der Waals surface area contributed by atoms with Crippen molar-refractivity contribution in [1.82, 2.24) is 0 Å². The zero-order chi connectivity index (χ0) is 20.1. The Labute approximate surface area is 166 Å². The maximum absolute atomic E-state index is 12.7. The molecule has 1 aliphatic rings. The Morgan fingerprint density at radius 3 is 2.26 bits per heavy atom. The van der Waals surface area contributed by atoms with Gasteiger partial charge in [-0.3, -0.25) is 9.59 Å². The summed E-state index contributed by atoms with van der Waals surface area (Å²) in [4.78, 5) is 24.0. The fraction of sp³-hybridized carbons (Fsp3) is 0.913. The largest absolute Gasteiger partial charge is 0.481 e. The summed E-state index contributed by atoms with van der Waals surface area (Å²) in [6.07, 6.45) is 14.2. The lowest BCUT2D eigenvalue weighted by Gasteiger charge is -2.29. The van der Waals surface area contributed by atoms with Crippen LogP contribution in [0.1, 0.15) is 111 Å². The molecule has 4 unspecified atom stereocenters. The van der Waals surface area contributed by atoms with Crippen LogP contribution < -0.4 is 0 Å². The Balaban J connectivity index is 2.62. The topological polar surface area (TPSA) is 63.6 Å². The summed E-state index contributed by atoms with van der Waals surface area (Å²) in [5.74, 6) is -0.893. The molecule has 1 N–H and O–H groups in total. The van der Waals surface area contributed by atoms with Crippen LogP contribution >= 0.6 is 0 Å². The molecule has 0 saturated heterocycles. The quantitative estimate of drug-likeness (QED) is 0.280. The summed E-state index contributed by atoms with van der Waals surface area (Å²) < 4.78 is 5.97. The van der Waals surface area contributed by atoms with Crippen molar-refractivity contribution in [2.45, 2.75) is 117 Å². The first-order chi connectivity index (χ1) is 13.0. The number of carbonyl (C=O) groups is 2. The van der Waals surface area contributed by atoms with Gasteiger partial charge in [-0.2, -0.15) is 0 Å². The van der Waals surface area contributed by atoms with Gasteiger partial charge in [0.1, 0.15) is 6.10 Å². The first kappa shape index (κ1) is 24.0. The van der Waals surface area contributed by atoms with Gasteiger partial charge in [-0.05, 0) is 38.0 Å². The van der Waals surface area contributed by atoms with E-state index < -0.39 is 5.97 Å². The maximum Gasteiger partial charge on any atom is 0.309 e. The van der Waals surface area contributed by atoms with E-state index in [1.165, 1.54) is 38.5 Å². The van der Waals surface area contributed by atoms with Crippen LogP contribution in [0.4, 0.5) is 0 Å². The second-order valence-corrected chi connectivity index (χ2v) is 8.49. The van der Waals surface area contributed by atoms with E-state index in [1.807, 2.05) is 0 Å². The molecule has 0 bridgehead atoms. The van der Waals surface area contributed by atoms with Gasteiger partial charge >= 0.3 is 11.9 Å². The molecular weight excluding hydrogens is 340 g/mol. The zero-order valence-electron chi connectivity index (χ0n) is 17.9. The normalized spacial score (nSPS) is 22.2. The second kappa shape index (κ2) is 14.0. The highest BCUT2D eigenvalue weighted by Crippen LogP contribution is 2.32. The molecule has 4 heteroatoms. The van der Waals surface area contributed by atoms with Crippen LogP contribution in [0.5, 0.6) is 0 Å². The fourth-order valence-electron chi connectivity index (χ4n) is 4.39. The minimum Gasteiger partial charge on any atom is -0.481 e. The summed E-state index contributed by atoms with van der Waals surface area (Å²) in [5.41, 5.74) is 0. The molecule has 4 nitrogen and oxygen atoms in total. The third kappa shape index (κ3) is 9.62. The van der Waals surface area contributed by atoms with Crippen molar-refractivity contribution in [2.75, 3.05) is 0 Å². The Bertz CT molecular complexity index is 421. The number of unbranched alkanes of at least 4 members (excludes halogenated alkanes) is 3. The number of carboxylic acids is 1. The van der Waals surface area contributed by atoms with Crippen LogP contribution in [0.2, 0.25) is 0 Å². The van der Waals surface area contributed by atoms with Gasteiger partial charge in [-0.1, -0.05) is 78.6 Å². The van der Waals surface area contributed by atoms with Crippen molar-refractivity contribution in [2.24, 2.45) is 17.8 Å². The van der Waals surface area contributed by atoms with Crippen molar-refractivity contribution >= 4 is 11.9 Å². The predicted molar refractivity (Wildman–Crippen MR) is 110 cm³/mol. The highest BCUT2D eigenvalue weighted by molar-refractivity contribution is 5.75. The summed E-state index contributed by atoms with van der Waals surface area (Å²) in [6.45, 7) is 6.63. The van der Waals surface area contributed by atoms with E-state index >= 15 is 0 Å². The molecule has 0 radical (unpaired) electrons. The first-order valence-corrected chi connectivity index (χ1v) is 11.4. The van der Waals surface area contributed by atoms with Crippen molar-refractivity contribution in [3.8, 4) is 0 Å². The van der Waals surface area contributed by atoms with Gasteiger partial charge in [0.2, 0.25) is 0 Å². The third-order valence-corrected chi connectivity index (χ3v) is 6.03. The molecular formula is C23H42O4. The van der Waals surface area contributed by atoms with E-state index in [1.54, 1.807) is 0 Å². The van der Waals surface area contributed by atoms with Gasteiger partial charge in [0.25, 0.3) is 0 Å². The fourth-order valence-corrected chi connectivity index (χ4v) is 4.39. The summed E-state index contributed by atoms with van der Waals surface area (Å²) in [7, 11) is 0. The average Bonchev–Trinajstić information content (AvgIpc) is 2.66. The molecule has 158 valence electrons. The van der Waals surface area contributed by atoms with Crippen LogP contribution in [0.15, 0.2) is 0 Å².